The minimum atomic E-state index is -5.17. The Bertz CT molecular complexity index is 2390. The van der Waals surface area contributed by atoms with Crippen LogP contribution in [-0.2, 0) is 61.4 Å². The molecule has 0 spiro atoms. The van der Waals surface area contributed by atoms with Crippen LogP contribution in [0.25, 0.3) is 0 Å². The van der Waals surface area contributed by atoms with Crippen molar-refractivity contribution in [2.45, 2.75) is 245 Å². The predicted molar refractivity (Wildman–Crippen MR) is 335 cm³/mol. The van der Waals surface area contributed by atoms with Crippen LogP contribution in [-0.4, -0.2) is 123 Å². The van der Waals surface area contributed by atoms with Crippen molar-refractivity contribution < 1.29 is 89.9 Å². The highest BCUT2D eigenvalue weighted by atomic mass is 35.6. The quantitative estimate of drug-likeness (QED) is 0.0184. The minimum absolute atomic E-state index is 0.0499. The number of benzene rings is 2. The number of aliphatic carboxylic acids is 1. The molecule has 0 aliphatic carbocycles. The number of ether oxygens (including phenoxy) is 8. The molecule has 28 heteroatoms. The molecule has 2 aromatic carbocycles. The van der Waals surface area contributed by atoms with E-state index in [1.807, 2.05) is 0 Å². The number of hydrogen-bond donors (Lipinski definition) is 3. The summed E-state index contributed by atoms with van der Waals surface area (Å²) in [4.78, 5) is 81.4. The SMILES string of the molecule is CCCCCCCCCCC[C@H](CC(=O)O[C@@H]1[C@@H](NC(=O)OCC(Cl)(Cl)Cl)[C@@H](OC[C@H](CCC(=O)O)NC(=O)OC(C)(C)C)O[C@H](COC(=O)OC(C)(C)C(Cl)(Cl)Cl)[C@H]1OP(=O)(Oc1ccccc1)Oc1ccccc1)OC(=O)CCCCCCCCC. The molecule has 3 rings (SSSR count). The lowest BCUT2D eigenvalue weighted by molar-refractivity contribution is -0.272. The van der Waals surface area contributed by atoms with Gasteiger partial charge in [0.25, 0.3) is 0 Å². The summed E-state index contributed by atoms with van der Waals surface area (Å²) in [5, 5.41) is 14.8. The first-order valence-corrected chi connectivity index (χ1v) is 33.7. The molecule has 0 aromatic heterocycles. The van der Waals surface area contributed by atoms with Gasteiger partial charge < -0.3 is 62.7 Å². The number of amides is 2. The van der Waals surface area contributed by atoms with Crippen LogP contribution < -0.4 is 19.7 Å². The molecule has 0 unspecified atom stereocenters. The number of rotatable bonds is 40. The fourth-order valence-electron chi connectivity index (χ4n) is 8.73. The van der Waals surface area contributed by atoms with Crippen LogP contribution in [0.4, 0.5) is 14.4 Å². The molecule has 1 heterocycles. The monoisotopic (exact) mass is 1380 g/mol. The van der Waals surface area contributed by atoms with Crippen molar-refractivity contribution in [1.29, 1.82) is 0 Å². The Morgan fingerprint density at radius 2 is 1.18 bits per heavy atom. The molecular weight excluding hydrogens is 1300 g/mol. The number of carbonyl (C=O) groups is 6. The third-order valence-electron chi connectivity index (χ3n) is 13.3. The van der Waals surface area contributed by atoms with Crippen molar-refractivity contribution in [2.75, 3.05) is 19.8 Å². The summed E-state index contributed by atoms with van der Waals surface area (Å²) >= 11 is 36.4. The average molecular weight is 1390 g/mol. The maximum Gasteiger partial charge on any atom is 0.588 e. The van der Waals surface area contributed by atoms with Crippen molar-refractivity contribution in [1.82, 2.24) is 10.6 Å². The number of carboxylic acids is 1. The van der Waals surface area contributed by atoms with E-state index in [2.05, 4.69) is 24.5 Å². The van der Waals surface area contributed by atoms with Gasteiger partial charge in [0.15, 0.2) is 18.0 Å². The van der Waals surface area contributed by atoms with Gasteiger partial charge in [0.1, 0.15) is 54.7 Å². The van der Waals surface area contributed by atoms with Gasteiger partial charge in [-0.25, -0.2) is 18.9 Å². The molecule has 500 valence electrons. The van der Waals surface area contributed by atoms with Crippen LogP contribution in [0.3, 0.4) is 0 Å². The zero-order valence-corrected chi connectivity index (χ0v) is 56.7. The first-order chi connectivity index (χ1) is 41.4. The fourth-order valence-corrected chi connectivity index (χ4v) is 10.4. The maximum atomic E-state index is 15.5. The molecule has 1 aliphatic rings. The number of carboxylic acid groups (broad SMARTS) is 1. The van der Waals surface area contributed by atoms with E-state index in [1.54, 1.807) is 57.2 Å². The van der Waals surface area contributed by atoms with Crippen LogP contribution in [0, 0.1) is 0 Å². The second-order valence-electron chi connectivity index (χ2n) is 22.8. The average Bonchev–Trinajstić information content (AvgIpc) is 0.873. The summed E-state index contributed by atoms with van der Waals surface area (Å²) < 4.78 is 76.6. The molecule has 2 amide bonds. The Morgan fingerprint density at radius 3 is 1.69 bits per heavy atom. The molecular formula is C60H89Cl6N2O19P. The van der Waals surface area contributed by atoms with Crippen molar-refractivity contribution in [3.8, 4) is 11.5 Å². The van der Waals surface area contributed by atoms with Crippen molar-refractivity contribution in [3.05, 3.63) is 60.7 Å². The molecule has 0 saturated carbocycles. The molecule has 2 aromatic rings. The second-order valence-corrected chi connectivity index (χ2v) is 29.0. The molecule has 88 heavy (non-hydrogen) atoms. The van der Waals surface area contributed by atoms with Gasteiger partial charge in [0, 0.05) is 12.8 Å². The molecule has 1 saturated heterocycles. The van der Waals surface area contributed by atoms with Gasteiger partial charge in [-0.2, -0.15) is 0 Å². The van der Waals surface area contributed by atoms with Crippen LogP contribution in [0.15, 0.2) is 60.7 Å². The number of esters is 2. The lowest BCUT2D eigenvalue weighted by Gasteiger charge is -2.45. The summed E-state index contributed by atoms with van der Waals surface area (Å²) in [5.74, 6) is -2.94. The van der Waals surface area contributed by atoms with Crippen molar-refractivity contribution in [3.63, 3.8) is 0 Å². The predicted octanol–water partition coefficient (Wildman–Crippen LogP) is 16.2. The van der Waals surface area contributed by atoms with Crippen molar-refractivity contribution in [2.24, 2.45) is 0 Å². The van der Waals surface area contributed by atoms with E-state index in [9.17, 15) is 33.9 Å². The van der Waals surface area contributed by atoms with E-state index in [1.165, 1.54) is 44.5 Å². The van der Waals surface area contributed by atoms with E-state index in [4.69, 9.17) is 121 Å². The van der Waals surface area contributed by atoms with E-state index >= 15 is 4.57 Å². The smallest absolute Gasteiger partial charge is 0.481 e. The zero-order valence-electron chi connectivity index (χ0n) is 51.3. The number of unbranched alkanes of at least 4 members (excludes halogenated alkanes) is 14. The number of alkyl halides is 6. The number of hydrogen-bond acceptors (Lipinski definition) is 18. The number of phosphoric acid groups is 1. The van der Waals surface area contributed by atoms with Gasteiger partial charge in [-0.3, -0.25) is 18.9 Å². The van der Waals surface area contributed by atoms with Gasteiger partial charge in [0.2, 0.25) is 7.59 Å². The first kappa shape index (κ1) is 78.4. The fraction of sp³-hybridized carbons (Fsp3) is 0.700. The van der Waals surface area contributed by atoms with Gasteiger partial charge in [-0.15, -0.1) is 0 Å². The topological polar surface area (TPSA) is 265 Å². The summed E-state index contributed by atoms with van der Waals surface area (Å²) in [5.41, 5.74) is -2.83. The molecule has 0 bridgehead atoms. The Kier molecular flexibility index (Phi) is 35.8. The molecule has 21 nitrogen and oxygen atoms in total. The maximum absolute atomic E-state index is 15.5. The lowest BCUT2D eigenvalue weighted by Crippen LogP contribution is -2.67. The third kappa shape index (κ3) is 33.4. The largest absolute Gasteiger partial charge is 0.588 e. The van der Waals surface area contributed by atoms with Gasteiger partial charge >= 0.3 is 44.1 Å². The molecule has 1 aliphatic heterocycles. The highest BCUT2D eigenvalue weighted by Crippen LogP contribution is 2.53. The zero-order chi connectivity index (χ0) is 65.4. The normalized spacial score (nSPS) is 18.0. The summed E-state index contributed by atoms with van der Waals surface area (Å²) in [6.07, 6.45) is 1.85. The second kappa shape index (κ2) is 40.2. The summed E-state index contributed by atoms with van der Waals surface area (Å²) in [6.45, 7) is 9.23. The van der Waals surface area contributed by atoms with E-state index in [-0.39, 0.29) is 30.8 Å². The number of para-hydroxylation sites is 2. The standard InChI is InChI=1S/C60H89Cl6N2O19P/c1-8-10-12-14-16-17-19-20-24-34-45(80-48(71)35-29-21-18-15-13-11-9-2)38-49(72)82-52-50(68-54(73)79-41-59(61,62)63)53(77-39-42(36-37-47(69)70)67-55(74)83-57(3,4)5)81-46(40-78-56(75)84-58(6,7)60(64,65)66)51(52)87-88(76,85-43-30-25-22-26-31-43)86-44-32-27-23-28-33-44/h22-23,25-28,30-33,42,45-46,50-53H,8-21,24,29,34-41H2,1-7H3,(H,67,74)(H,68,73)(H,69,70)/t42-,45+,46+,50+,51+,52+,53-/m0/s1. The van der Waals surface area contributed by atoms with Crippen LogP contribution in [0.5, 0.6) is 11.5 Å². The first-order valence-electron chi connectivity index (χ1n) is 30.0. The molecule has 0 radical (unpaired) electrons. The molecule has 3 N–H and O–H groups in total. The highest BCUT2D eigenvalue weighted by molar-refractivity contribution is 7.49. The Balaban J connectivity index is 2.30. The Morgan fingerprint density at radius 1 is 0.648 bits per heavy atom. The van der Waals surface area contributed by atoms with Gasteiger partial charge in [-0.1, -0.05) is 210 Å². The number of carbonyl (C=O) groups excluding carboxylic acids is 5. The van der Waals surface area contributed by atoms with E-state index < -0.39 is 138 Å². The van der Waals surface area contributed by atoms with Crippen LogP contribution >= 0.6 is 77.4 Å². The Hall–Kier alpha value is -3.89. The van der Waals surface area contributed by atoms with E-state index in [0.717, 1.165) is 83.5 Å². The molecule has 1 fully saturated rings. The summed E-state index contributed by atoms with van der Waals surface area (Å²) in [7, 11) is -5.17. The highest BCUT2D eigenvalue weighted by Gasteiger charge is 2.55. The summed E-state index contributed by atoms with van der Waals surface area (Å²) in [6, 6.07) is 12.3. The van der Waals surface area contributed by atoms with Gasteiger partial charge in [-0.05, 0) is 84.6 Å². The number of phosphoric ester groups is 1. The van der Waals surface area contributed by atoms with E-state index in [0.29, 0.717) is 12.8 Å². The van der Waals surface area contributed by atoms with Gasteiger partial charge in [0.05, 0.1) is 19.1 Å². The van der Waals surface area contributed by atoms with Crippen LogP contribution in [0.2, 0.25) is 0 Å². The molecule has 7 atom stereocenters. The van der Waals surface area contributed by atoms with Crippen molar-refractivity contribution >= 4 is 114 Å². The Labute approximate surface area is 547 Å². The third-order valence-corrected chi connectivity index (χ3v) is 16.4. The lowest BCUT2D eigenvalue weighted by atomic mass is 9.96. The minimum Gasteiger partial charge on any atom is -0.481 e. The number of halogens is 6. The number of alkyl carbamates (subject to hydrolysis) is 2. The van der Waals surface area contributed by atoms with Crippen LogP contribution in [0.1, 0.15) is 183 Å². The number of nitrogens with one attached hydrogen (secondary N) is 2.